The first kappa shape index (κ1) is 21.9. The Morgan fingerprint density at radius 2 is 1.84 bits per heavy atom. The van der Waals surface area contributed by atoms with Gasteiger partial charge in [0.15, 0.2) is 5.75 Å². The summed E-state index contributed by atoms with van der Waals surface area (Å²) >= 11 is 0. The Bertz CT molecular complexity index is 1070. The van der Waals surface area contributed by atoms with E-state index in [-0.39, 0.29) is 29.5 Å². The molecule has 0 aliphatic heterocycles. The maximum absolute atomic E-state index is 13.3. The molecular weight excluding hydrogens is 413 g/mol. The van der Waals surface area contributed by atoms with Gasteiger partial charge < -0.3 is 19.5 Å². The first-order valence-electron chi connectivity index (χ1n) is 9.24. The second kappa shape index (κ2) is 9.38. The molecule has 3 rings (SSSR count). The van der Waals surface area contributed by atoms with Crippen molar-refractivity contribution in [3.63, 3.8) is 0 Å². The first-order chi connectivity index (χ1) is 14.8. The average molecular weight is 432 g/mol. The maximum Gasteiger partial charge on any atom is 0.416 e. The number of amides is 1. The largest absolute Gasteiger partial charge is 0.497 e. The molecule has 0 saturated heterocycles. The topological polar surface area (TPSA) is 69.7 Å². The van der Waals surface area contributed by atoms with Gasteiger partial charge in [-0.1, -0.05) is 6.07 Å². The van der Waals surface area contributed by atoms with Crippen LogP contribution in [0.25, 0.3) is 0 Å². The lowest BCUT2D eigenvalue weighted by molar-refractivity contribution is -0.137. The fourth-order valence-corrected chi connectivity index (χ4v) is 2.69. The number of benzene rings is 2. The van der Waals surface area contributed by atoms with Gasteiger partial charge in [0.1, 0.15) is 17.1 Å². The molecule has 1 aromatic heterocycles. The lowest BCUT2D eigenvalue weighted by Crippen LogP contribution is -2.16. The number of halogens is 3. The van der Waals surface area contributed by atoms with E-state index in [1.165, 1.54) is 25.4 Å². The average Bonchev–Trinajstić information content (AvgIpc) is 2.75. The maximum atomic E-state index is 13.3. The van der Waals surface area contributed by atoms with Crippen molar-refractivity contribution >= 4 is 11.6 Å². The predicted molar refractivity (Wildman–Crippen MR) is 108 cm³/mol. The van der Waals surface area contributed by atoms with Crippen LogP contribution in [-0.4, -0.2) is 24.6 Å². The van der Waals surface area contributed by atoms with Crippen molar-refractivity contribution in [3.05, 3.63) is 71.9 Å². The van der Waals surface area contributed by atoms with Crippen LogP contribution in [0.15, 0.2) is 60.8 Å². The van der Waals surface area contributed by atoms with Gasteiger partial charge in [-0.05, 0) is 49.4 Å². The van der Waals surface area contributed by atoms with Crippen LogP contribution in [0.5, 0.6) is 23.1 Å². The van der Waals surface area contributed by atoms with Crippen molar-refractivity contribution in [1.82, 2.24) is 4.98 Å². The monoisotopic (exact) mass is 432 g/mol. The summed E-state index contributed by atoms with van der Waals surface area (Å²) in [5.74, 6) is 0.241. The molecule has 6 nitrogen and oxygen atoms in total. The van der Waals surface area contributed by atoms with E-state index in [1.54, 1.807) is 31.2 Å². The summed E-state index contributed by atoms with van der Waals surface area (Å²) in [6, 6.07) is 12.4. The fourth-order valence-electron chi connectivity index (χ4n) is 2.69. The molecule has 0 unspecified atom stereocenters. The smallest absolute Gasteiger partial charge is 0.416 e. The van der Waals surface area contributed by atoms with Gasteiger partial charge in [0, 0.05) is 12.3 Å². The van der Waals surface area contributed by atoms with Crippen molar-refractivity contribution < 1.29 is 32.2 Å². The van der Waals surface area contributed by atoms with Crippen LogP contribution in [0.4, 0.5) is 18.9 Å². The van der Waals surface area contributed by atoms with Crippen molar-refractivity contribution in [3.8, 4) is 23.1 Å². The molecule has 0 aliphatic carbocycles. The zero-order valence-corrected chi connectivity index (χ0v) is 16.7. The minimum Gasteiger partial charge on any atom is -0.497 e. The summed E-state index contributed by atoms with van der Waals surface area (Å²) in [7, 11) is 1.48. The number of nitrogens with zero attached hydrogens (tertiary/aromatic N) is 1. The lowest BCUT2D eigenvalue weighted by atomic mass is 10.1. The molecule has 31 heavy (non-hydrogen) atoms. The van der Waals surface area contributed by atoms with Gasteiger partial charge in [-0.2, -0.15) is 13.2 Å². The highest BCUT2D eigenvalue weighted by Gasteiger charge is 2.31. The zero-order chi connectivity index (χ0) is 22.4. The highest BCUT2D eigenvalue weighted by atomic mass is 19.4. The van der Waals surface area contributed by atoms with Crippen molar-refractivity contribution in [2.45, 2.75) is 13.1 Å². The summed E-state index contributed by atoms with van der Waals surface area (Å²) in [6.07, 6.45) is -3.15. The Labute approximate surface area is 176 Å². The SMILES string of the molecule is CCOc1ncccc1C(=O)Nc1cc(C(F)(F)F)ccc1Oc1cccc(OC)c1. The number of alkyl halides is 3. The molecule has 0 atom stereocenters. The van der Waals surface area contributed by atoms with Crippen LogP contribution < -0.4 is 19.5 Å². The molecule has 0 aliphatic rings. The minimum atomic E-state index is -4.60. The number of hydrogen-bond acceptors (Lipinski definition) is 5. The number of ether oxygens (including phenoxy) is 3. The molecule has 0 bridgehead atoms. The van der Waals surface area contributed by atoms with Crippen molar-refractivity contribution in [2.24, 2.45) is 0 Å². The van der Waals surface area contributed by atoms with Gasteiger partial charge >= 0.3 is 6.18 Å². The Balaban J connectivity index is 1.97. The number of pyridine rings is 1. The Morgan fingerprint density at radius 3 is 2.55 bits per heavy atom. The van der Waals surface area contributed by atoms with Gasteiger partial charge in [0.05, 0.1) is 25.0 Å². The standard InChI is InChI=1S/C22H19F3N2O4/c1-3-30-21-17(8-5-11-26-21)20(28)27-18-12-14(22(23,24)25)9-10-19(18)31-16-7-4-6-15(13-16)29-2/h4-13H,3H2,1-2H3,(H,27,28). The second-order valence-electron chi connectivity index (χ2n) is 6.23. The predicted octanol–water partition coefficient (Wildman–Crippen LogP) is 5.55. The van der Waals surface area contributed by atoms with Crippen LogP contribution in [0, 0.1) is 0 Å². The van der Waals surface area contributed by atoms with Crippen LogP contribution in [0.1, 0.15) is 22.8 Å². The van der Waals surface area contributed by atoms with Crippen molar-refractivity contribution in [2.75, 3.05) is 19.0 Å². The van der Waals surface area contributed by atoms with Gasteiger partial charge in [-0.3, -0.25) is 4.79 Å². The van der Waals surface area contributed by atoms with E-state index in [9.17, 15) is 18.0 Å². The molecule has 1 amide bonds. The third-order valence-electron chi connectivity index (χ3n) is 4.12. The molecule has 0 fully saturated rings. The number of nitrogens with one attached hydrogen (secondary N) is 1. The van der Waals surface area contributed by atoms with Crippen LogP contribution in [-0.2, 0) is 6.18 Å². The molecule has 1 heterocycles. The number of rotatable bonds is 7. The van der Waals surface area contributed by atoms with E-state index in [1.807, 2.05) is 0 Å². The Kier molecular flexibility index (Phi) is 6.64. The number of hydrogen-bond donors (Lipinski definition) is 1. The molecule has 0 saturated carbocycles. The highest BCUT2D eigenvalue weighted by Crippen LogP contribution is 2.37. The third-order valence-corrected chi connectivity index (χ3v) is 4.12. The van der Waals surface area contributed by atoms with E-state index in [2.05, 4.69) is 10.3 Å². The van der Waals surface area contributed by atoms with Gasteiger partial charge in [-0.25, -0.2) is 4.98 Å². The fraction of sp³-hybridized carbons (Fsp3) is 0.182. The minimum absolute atomic E-state index is 0.0245. The van der Waals surface area contributed by atoms with E-state index < -0.39 is 17.6 Å². The summed E-state index contributed by atoms with van der Waals surface area (Å²) in [4.78, 5) is 16.8. The number of carbonyl (C=O) groups is 1. The van der Waals surface area contributed by atoms with E-state index >= 15 is 0 Å². The Morgan fingerprint density at radius 1 is 1.06 bits per heavy atom. The molecule has 162 valence electrons. The summed E-state index contributed by atoms with van der Waals surface area (Å²) in [5, 5.41) is 2.47. The summed E-state index contributed by atoms with van der Waals surface area (Å²) < 4.78 is 55.9. The second-order valence-corrected chi connectivity index (χ2v) is 6.23. The molecular formula is C22H19F3N2O4. The molecule has 0 radical (unpaired) electrons. The Hall–Kier alpha value is -3.75. The quantitative estimate of drug-likeness (QED) is 0.530. The molecule has 9 heteroatoms. The number of anilines is 1. The van der Waals surface area contributed by atoms with Gasteiger partial charge in [-0.15, -0.1) is 0 Å². The van der Waals surface area contributed by atoms with Crippen LogP contribution in [0.2, 0.25) is 0 Å². The summed E-state index contributed by atoms with van der Waals surface area (Å²) in [6.45, 7) is 1.99. The van der Waals surface area contributed by atoms with E-state index in [0.717, 1.165) is 18.2 Å². The molecule has 2 aromatic carbocycles. The van der Waals surface area contributed by atoms with Gasteiger partial charge in [0.2, 0.25) is 5.88 Å². The van der Waals surface area contributed by atoms with Crippen LogP contribution >= 0.6 is 0 Å². The summed E-state index contributed by atoms with van der Waals surface area (Å²) in [5.41, 5.74) is -1.01. The normalized spacial score (nSPS) is 11.0. The third kappa shape index (κ3) is 5.44. The van der Waals surface area contributed by atoms with Gasteiger partial charge in [0.25, 0.3) is 5.91 Å². The number of methoxy groups -OCH3 is 1. The zero-order valence-electron chi connectivity index (χ0n) is 16.7. The number of carbonyl (C=O) groups excluding carboxylic acids is 1. The molecule has 0 spiro atoms. The molecule has 3 aromatic rings. The van der Waals surface area contributed by atoms with Crippen LogP contribution in [0.3, 0.4) is 0 Å². The van der Waals surface area contributed by atoms with E-state index in [0.29, 0.717) is 11.5 Å². The van der Waals surface area contributed by atoms with E-state index in [4.69, 9.17) is 14.2 Å². The van der Waals surface area contributed by atoms with Crippen molar-refractivity contribution in [1.29, 1.82) is 0 Å². The number of aromatic nitrogens is 1. The molecule has 1 N–H and O–H groups in total. The first-order valence-corrected chi connectivity index (χ1v) is 9.24. The lowest BCUT2D eigenvalue weighted by Gasteiger charge is -2.16. The highest BCUT2D eigenvalue weighted by molar-refractivity contribution is 6.06.